The maximum atomic E-state index is 5.13. The van der Waals surface area contributed by atoms with E-state index in [2.05, 4.69) is 4.90 Å². The van der Waals surface area contributed by atoms with Crippen LogP contribution in [0.15, 0.2) is 0 Å². The lowest BCUT2D eigenvalue weighted by molar-refractivity contribution is 0.110. The van der Waals surface area contributed by atoms with Crippen LogP contribution in [0.5, 0.6) is 0 Å². The van der Waals surface area contributed by atoms with Crippen LogP contribution in [0, 0.1) is 6.73 Å². The second-order valence-electron chi connectivity index (χ2n) is 2.11. The molecule has 2 aliphatic rings. The third-order valence-electron chi connectivity index (χ3n) is 1.52. The summed E-state index contributed by atoms with van der Waals surface area (Å²) >= 11 is 0. The molecule has 45 valence electrons. The number of hydrogen-bond acceptors (Lipinski definition) is 3. The van der Waals surface area contributed by atoms with E-state index in [0.29, 0.717) is 12.8 Å². The van der Waals surface area contributed by atoms with Gasteiger partial charge >= 0.3 is 0 Å². The quantitative estimate of drug-likeness (QED) is 0.435. The highest BCUT2D eigenvalue weighted by Crippen LogP contribution is 2.17. The van der Waals surface area contributed by atoms with E-state index in [1.807, 2.05) is 0 Å². The lowest BCUT2D eigenvalue weighted by atomic mass is 10.3. The standard InChI is InChI=1S/C5H8NO2/c1-5-2-8-4-6(5)3-7-1/h3,5H,1-2,4H2. The summed E-state index contributed by atoms with van der Waals surface area (Å²) < 4.78 is 10.2. The summed E-state index contributed by atoms with van der Waals surface area (Å²) in [5.41, 5.74) is 0. The van der Waals surface area contributed by atoms with Gasteiger partial charge in [0.15, 0.2) is 6.73 Å². The van der Waals surface area contributed by atoms with Crippen molar-refractivity contribution in [2.24, 2.45) is 0 Å². The largest absolute Gasteiger partial charge is 0.364 e. The zero-order valence-corrected chi connectivity index (χ0v) is 4.54. The average Bonchev–Trinajstić information content (AvgIpc) is 2.15. The summed E-state index contributed by atoms with van der Waals surface area (Å²) in [7, 11) is 0. The van der Waals surface area contributed by atoms with Crippen molar-refractivity contribution in [3.63, 3.8) is 0 Å². The molecule has 1 atom stereocenters. The van der Waals surface area contributed by atoms with Crippen molar-refractivity contribution in [2.45, 2.75) is 6.04 Å². The Hall–Kier alpha value is -0.120. The van der Waals surface area contributed by atoms with Gasteiger partial charge in [-0.25, -0.2) is 4.90 Å². The molecule has 0 amide bonds. The number of nitrogens with zero attached hydrogens (tertiary/aromatic N) is 1. The van der Waals surface area contributed by atoms with Crippen molar-refractivity contribution in [3.05, 3.63) is 6.73 Å². The predicted octanol–water partition coefficient (Wildman–Crippen LogP) is -0.206. The first-order chi connectivity index (χ1) is 3.97. The molecule has 3 heteroatoms. The fourth-order valence-corrected chi connectivity index (χ4v) is 1.01. The van der Waals surface area contributed by atoms with E-state index in [-0.39, 0.29) is 0 Å². The highest BCUT2D eigenvalue weighted by Gasteiger charge is 2.30. The number of hydrogen-bond donors (Lipinski definition) is 0. The second-order valence-corrected chi connectivity index (χ2v) is 2.11. The monoisotopic (exact) mass is 114 g/mol. The van der Waals surface area contributed by atoms with Crippen LogP contribution in [0.1, 0.15) is 0 Å². The van der Waals surface area contributed by atoms with Gasteiger partial charge in [-0.15, -0.1) is 0 Å². The van der Waals surface area contributed by atoms with Crippen molar-refractivity contribution in [2.75, 3.05) is 19.9 Å². The molecule has 8 heavy (non-hydrogen) atoms. The summed E-state index contributed by atoms with van der Waals surface area (Å²) in [6, 6.07) is 0.509. The minimum atomic E-state index is 0.509. The molecule has 1 radical (unpaired) electrons. The Morgan fingerprint density at radius 2 is 2.50 bits per heavy atom. The maximum absolute atomic E-state index is 5.13. The van der Waals surface area contributed by atoms with Gasteiger partial charge in [-0.3, -0.25) is 0 Å². The second kappa shape index (κ2) is 1.69. The smallest absolute Gasteiger partial charge is 0.153 e. The summed E-state index contributed by atoms with van der Waals surface area (Å²) in [6.07, 6.45) is 0. The van der Waals surface area contributed by atoms with Gasteiger partial charge in [-0.05, 0) is 0 Å². The first-order valence-corrected chi connectivity index (χ1v) is 2.75. The van der Waals surface area contributed by atoms with Crippen molar-refractivity contribution in [1.29, 1.82) is 0 Å². The third-order valence-corrected chi connectivity index (χ3v) is 1.52. The molecule has 0 spiro atoms. The van der Waals surface area contributed by atoms with Gasteiger partial charge in [-0.2, -0.15) is 0 Å². The lowest BCUT2D eigenvalue weighted by Gasteiger charge is -2.04. The normalized spacial score (nSPS) is 31.5. The molecule has 0 N–H and O–H groups in total. The molecule has 0 aromatic heterocycles. The molecule has 0 aromatic carbocycles. The summed E-state index contributed by atoms with van der Waals surface area (Å²) in [4.78, 5) is 2.07. The Labute approximate surface area is 48.2 Å². The summed E-state index contributed by atoms with van der Waals surface area (Å²) in [6.45, 7) is 4.10. The van der Waals surface area contributed by atoms with E-state index in [0.717, 1.165) is 13.2 Å². The lowest BCUT2D eigenvalue weighted by Crippen LogP contribution is -2.22. The van der Waals surface area contributed by atoms with Gasteiger partial charge in [-0.1, -0.05) is 0 Å². The molecule has 3 nitrogen and oxygen atoms in total. The topological polar surface area (TPSA) is 21.7 Å². The van der Waals surface area contributed by atoms with Gasteiger partial charge in [0.25, 0.3) is 0 Å². The minimum Gasteiger partial charge on any atom is -0.364 e. The van der Waals surface area contributed by atoms with Crippen molar-refractivity contribution < 1.29 is 9.47 Å². The SMILES string of the molecule is [CH]1OCC2COCN12. The van der Waals surface area contributed by atoms with Gasteiger partial charge in [0.05, 0.1) is 19.3 Å². The molecule has 2 saturated heterocycles. The number of fused-ring (bicyclic) bond motifs is 1. The van der Waals surface area contributed by atoms with Gasteiger partial charge < -0.3 is 9.47 Å². The number of ether oxygens (including phenoxy) is 2. The fraction of sp³-hybridized carbons (Fsp3) is 0.800. The van der Waals surface area contributed by atoms with E-state index < -0.39 is 0 Å². The van der Waals surface area contributed by atoms with Crippen LogP contribution in [0.2, 0.25) is 0 Å². The summed E-state index contributed by atoms with van der Waals surface area (Å²) in [5.74, 6) is 0. The molecule has 0 saturated carbocycles. The zero-order chi connectivity index (χ0) is 5.40. The molecule has 1 unspecified atom stereocenters. The van der Waals surface area contributed by atoms with Crippen LogP contribution in [0.25, 0.3) is 0 Å². The molecule has 2 fully saturated rings. The third kappa shape index (κ3) is 0.555. The fourth-order valence-electron chi connectivity index (χ4n) is 1.01. The zero-order valence-electron chi connectivity index (χ0n) is 4.54. The Morgan fingerprint density at radius 1 is 1.50 bits per heavy atom. The van der Waals surface area contributed by atoms with Crippen LogP contribution in [0.3, 0.4) is 0 Å². The van der Waals surface area contributed by atoms with E-state index in [9.17, 15) is 0 Å². The van der Waals surface area contributed by atoms with E-state index in [4.69, 9.17) is 9.47 Å². The molecule has 2 heterocycles. The van der Waals surface area contributed by atoms with E-state index in [1.54, 1.807) is 6.73 Å². The molecule has 0 aromatic rings. The van der Waals surface area contributed by atoms with Crippen molar-refractivity contribution in [3.8, 4) is 0 Å². The molecule has 0 bridgehead atoms. The maximum Gasteiger partial charge on any atom is 0.153 e. The van der Waals surface area contributed by atoms with Crippen LogP contribution in [-0.2, 0) is 9.47 Å². The predicted molar refractivity (Wildman–Crippen MR) is 26.7 cm³/mol. The number of rotatable bonds is 0. The molecular weight excluding hydrogens is 106 g/mol. The average molecular weight is 114 g/mol. The Kier molecular flexibility index (Phi) is 0.997. The van der Waals surface area contributed by atoms with E-state index >= 15 is 0 Å². The van der Waals surface area contributed by atoms with Gasteiger partial charge in [0.2, 0.25) is 0 Å². The first-order valence-electron chi connectivity index (χ1n) is 2.75. The Morgan fingerprint density at radius 3 is 3.38 bits per heavy atom. The van der Waals surface area contributed by atoms with Crippen LogP contribution in [0.4, 0.5) is 0 Å². The summed E-state index contributed by atoms with van der Waals surface area (Å²) in [5, 5.41) is 0. The van der Waals surface area contributed by atoms with Crippen LogP contribution in [-0.4, -0.2) is 30.9 Å². The Bertz CT molecular complexity index is 76.4. The highest BCUT2D eigenvalue weighted by molar-refractivity contribution is 4.81. The highest BCUT2D eigenvalue weighted by atomic mass is 16.5. The molecule has 0 aliphatic carbocycles. The van der Waals surface area contributed by atoms with Crippen LogP contribution < -0.4 is 0 Å². The minimum absolute atomic E-state index is 0.509. The molecule has 2 aliphatic heterocycles. The van der Waals surface area contributed by atoms with E-state index in [1.165, 1.54) is 0 Å². The first kappa shape index (κ1) is 4.73. The van der Waals surface area contributed by atoms with Gasteiger partial charge in [0.1, 0.15) is 6.73 Å². The van der Waals surface area contributed by atoms with Crippen molar-refractivity contribution >= 4 is 0 Å². The molecule has 2 rings (SSSR count). The van der Waals surface area contributed by atoms with Crippen molar-refractivity contribution in [1.82, 2.24) is 4.90 Å². The van der Waals surface area contributed by atoms with Crippen LogP contribution >= 0.6 is 0 Å². The molecular formula is C5H8NO2. The van der Waals surface area contributed by atoms with Gasteiger partial charge in [0, 0.05) is 0 Å². The Balaban J connectivity index is 2.04.